The molecule has 0 atom stereocenters. The summed E-state index contributed by atoms with van der Waals surface area (Å²) < 4.78 is 0.655. The second kappa shape index (κ2) is 7.20. The van der Waals surface area contributed by atoms with E-state index in [1.165, 1.54) is 23.9 Å². The standard InChI is InChI=1S/C12H14N2O3S2/c1-3-13(4-2)12(18)19-11-6-5-10(14(16)17)7-9(11)8-15/h5-8H,3-4H2,1-2H3. The monoisotopic (exact) mass is 298 g/mol. The molecule has 0 fully saturated rings. The summed E-state index contributed by atoms with van der Waals surface area (Å²) in [4.78, 5) is 23.7. The number of thiocarbonyl (C=S) groups is 1. The molecule has 0 amide bonds. The van der Waals surface area contributed by atoms with Crippen LogP contribution in [0, 0.1) is 10.1 Å². The van der Waals surface area contributed by atoms with E-state index < -0.39 is 4.92 Å². The molecule has 5 nitrogen and oxygen atoms in total. The predicted molar refractivity (Wildman–Crippen MR) is 79.9 cm³/mol. The molecule has 0 radical (unpaired) electrons. The Morgan fingerprint density at radius 1 is 1.47 bits per heavy atom. The molecule has 0 aliphatic rings. The van der Waals surface area contributed by atoms with Gasteiger partial charge in [-0.15, -0.1) is 0 Å². The van der Waals surface area contributed by atoms with Crippen LogP contribution in [0.3, 0.4) is 0 Å². The maximum absolute atomic E-state index is 11.0. The van der Waals surface area contributed by atoms with E-state index in [-0.39, 0.29) is 11.3 Å². The number of aldehydes is 1. The third-order valence-electron chi connectivity index (χ3n) is 2.55. The molecule has 102 valence electrons. The molecule has 7 heteroatoms. The second-order valence-corrected chi connectivity index (χ2v) is 5.31. The van der Waals surface area contributed by atoms with Crippen molar-refractivity contribution < 1.29 is 9.72 Å². The molecule has 19 heavy (non-hydrogen) atoms. The quantitative estimate of drug-likeness (QED) is 0.274. The van der Waals surface area contributed by atoms with Crippen LogP contribution in [0.15, 0.2) is 23.1 Å². The molecule has 0 spiro atoms. The SMILES string of the molecule is CCN(CC)C(=S)Sc1ccc([N+](=O)[O-])cc1C=O. The highest BCUT2D eigenvalue weighted by Gasteiger charge is 2.14. The fourth-order valence-corrected chi connectivity index (χ4v) is 2.94. The maximum atomic E-state index is 11.0. The zero-order valence-electron chi connectivity index (χ0n) is 10.7. The molecular weight excluding hydrogens is 284 g/mol. The lowest BCUT2D eigenvalue weighted by molar-refractivity contribution is -0.384. The highest BCUT2D eigenvalue weighted by atomic mass is 32.2. The van der Waals surface area contributed by atoms with Gasteiger partial charge < -0.3 is 4.90 Å². The second-order valence-electron chi connectivity index (χ2n) is 3.64. The van der Waals surface area contributed by atoms with E-state index >= 15 is 0 Å². The molecule has 0 saturated heterocycles. The lowest BCUT2D eigenvalue weighted by Crippen LogP contribution is -2.26. The summed E-state index contributed by atoms with van der Waals surface area (Å²) in [6, 6.07) is 4.20. The molecule has 0 saturated carbocycles. The summed E-state index contributed by atoms with van der Waals surface area (Å²) >= 11 is 6.56. The van der Waals surface area contributed by atoms with Crippen LogP contribution < -0.4 is 0 Å². The number of thioether (sulfide) groups is 1. The van der Waals surface area contributed by atoms with Crippen molar-refractivity contribution in [1.29, 1.82) is 0 Å². The number of nitrogens with zero attached hydrogens (tertiary/aromatic N) is 2. The number of benzene rings is 1. The Bertz CT molecular complexity index is 502. The van der Waals surface area contributed by atoms with Crippen LogP contribution >= 0.6 is 24.0 Å². The van der Waals surface area contributed by atoms with Crippen LogP contribution in [-0.4, -0.2) is 33.5 Å². The van der Waals surface area contributed by atoms with Gasteiger partial charge in [-0.2, -0.15) is 0 Å². The smallest absolute Gasteiger partial charge is 0.270 e. The third kappa shape index (κ3) is 4.00. The van der Waals surface area contributed by atoms with Gasteiger partial charge in [-0.1, -0.05) is 24.0 Å². The van der Waals surface area contributed by atoms with Crippen molar-refractivity contribution in [2.24, 2.45) is 0 Å². The molecule has 0 unspecified atom stereocenters. The minimum Gasteiger partial charge on any atom is -0.358 e. The van der Waals surface area contributed by atoms with Crippen molar-refractivity contribution in [2.75, 3.05) is 13.1 Å². The first-order valence-electron chi connectivity index (χ1n) is 5.73. The Labute approximate surface area is 121 Å². The Kier molecular flexibility index (Phi) is 5.91. The van der Waals surface area contributed by atoms with Crippen LogP contribution in [0.1, 0.15) is 24.2 Å². The lowest BCUT2D eigenvalue weighted by atomic mass is 10.2. The van der Waals surface area contributed by atoms with E-state index in [1.807, 2.05) is 18.7 Å². The molecule has 0 N–H and O–H groups in total. The zero-order valence-corrected chi connectivity index (χ0v) is 12.3. The van der Waals surface area contributed by atoms with Gasteiger partial charge in [0.2, 0.25) is 0 Å². The van der Waals surface area contributed by atoms with Gasteiger partial charge in [0.15, 0.2) is 6.29 Å². The average Bonchev–Trinajstić information content (AvgIpc) is 2.40. The molecule has 0 heterocycles. The molecule has 0 aliphatic heterocycles. The van der Waals surface area contributed by atoms with Gasteiger partial charge in [0.25, 0.3) is 5.69 Å². The highest BCUT2D eigenvalue weighted by Crippen LogP contribution is 2.27. The summed E-state index contributed by atoms with van der Waals surface area (Å²) in [5.41, 5.74) is 0.189. The van der Waals surface area contributed by atoms with Crippen LogP contribution in [-0.2, 0) is 0 Å². The number of rotatable bonds is 5. The van der Waals surface area contributed by atoms with Crippen LogP contribution in [0.25, 0.3) is 0 Å². The summed E-state index contributed by atoms with van der Waals surface area (Å²) in [5, 5.41) is 10.7. The van der Waals surface area contributed by atoms with Crippen LogP contribution in [0.5, 0.6) is 0 Å². The molecule has 1 aromatic carbocycles. The van der Waals surface area contributed by atoms with Crippen molar-refractivity contribution in [3.05, 3.63) is 33.9 Å². The number of nitro groups is 1. The summed E-state index contributed by atoms with van der Waals surface area (Å²) in [6.45, 7) is 5.55. The Morgan fingerprint density at radius 2 is 2.11 bits per heavy atom. The molecule has 1 aromatic rings. The van der Waals surface area contributed by atoms with Crippen LogP contribution in [0.4, 0.5) is 5.69 Å². The van der Waals surface area contributed by atoms with E-state index in [2.05, 4.69) is 0 Å². The van der Waals surface area contributed by atoms with E-state index in [0.29, 0.717) is 15.5 Å². The van der Waals surface area contributed by atoms with Gasteiger partial charge in [-0.25, -0.2) is 0 Å². The predicted octanol–water partition coefficient (Wildman–Crippen LogP) is 3.13. The fourth-order valence-electron chi connectivity index (χ4n) is 1.47. The van der Waals surface area contributed by atoms with Gasteiger partial charge in [-0.05, 0) is 19.9 Å². The number of non-ortho nitro benzene ring substituents is 1. The zero-order chi connectivity index (χ0) is 14.4. The molecular formula is C12H14N2O3S2. The first-order chi connectivity index (χ1) is 9.03. The van der Waals surface area contributed by atoms with Crippen molar-refractivity contribution in [2.45, 2.75) is 18.7 Å². The van der Waals surface area contributed by atoms with Gasteiger partial charge >= 0.3 is 0 Å². The largest absolute Gasteiger partial charge is 0.358 e. The van der Waals surface area contributed by atoms with Crippen molar-refractivity contribution in [1.82, 2.24) is 4.90 Å². The van der Waals surface area contributed by atoms with Crippen molar-refractivity contribution in [3.63, 3.8) is 0 Å². The summed E-state index contributed by atoms with van der Waals surface area (Å²) in [7, 11) is 0. The first-order valence-corrected chi connectivity index (χ1v) is 6.96. The fraction of sp³-hybridized carbons (Fsp3) is 0.333. The topological polar surface area (TPSA) is 63.4 Å². The van der Waals surface area contributed by atoms with E-state index in [1.54, 1.807) is 6.07 Å². The number of carbonyl (C=O) groups is 1. The lowest BCUT2D eigenvalue weighted by Gasteiger charge is -2.21. The van der Waals surface area contributed by atoms with E-state index in [9.17, 15) is 14.9 Å². The summed E-state index contributed by atoms with van der Waals surface area (Å²) in [5.74, 6) is 0. The molecule has 0 aliphatic carbocycles. The van der Waals surface area contributed by atoms with Crippen LogP contribution in [0.2, 0.25) is 0 Å². The Balaban J connectivity index is 2.98. The van der Waals surface area contributed by atoms with Gasteiger partial charge in [0.1, 0.15) is 4.32 Å². The van der Waals surface area contributed by atoms with Crippen molar-refractivity contribution >= 4 is 40.3 Å². The normalized spacial score (nSPS) is 10.0. The molecule has 0 aromatic heterocycles. The third-order valence-corrected chi connectivity index (χ3v) is 4.08. The maximum Gasteiger partial charge on any atom is 0.270 e. The van der Waals surface area contributed by atoms with Gasteiger partial charge in [0, 0.05) is 35.7 Å². The van der Waals surface area contributed by atoms with Gasteiger partial charge in [-0.3, -0.25) is 14.9 Å². The Hall–Kier alpha value is -1.47. The minimum atomic E-state index is -0.524. The number of hydrogen-bond acceptors (Lipinski definition) is 5. The number of nitro benzene ring substituents is 1. The van der Waals surface area contributed by atoms with Crippen molar-refractivity contribution in [3.8, 4) is 0 Å². The Morgan fingerprint density at radius 3 is 2.58 bits per heavy atom. The number of carbonyl (C=O) groups excluding carboxylic acids is 1. The van der Waals surface area contributed by atoms with Gasteiger partial charge in [0.05, 0.1) is 4.92 Å². The average molecular weight is 298 g/mol. The highest BCUT2D eigenvalue weighted by molar-refractivity contribution is 8.23. The summed E-state index contributed by atoms with van der Waals surface area (Å²) in [6.07, 6.45) is 0.611. The molecule has 0 bridgehead atoms. The first kappa shape index (κ1) is 15.6. The van der Waals surface area contributed by atoms with E-state index in [4.69, 9.17) is 12.2 Å². The minimum absolute atomic E-state index is 0.0970. The molecule has 1 rings (SSSR count). The van der Waals surface area contributed by atoms with E-state index in [0.717, 1.165) is 13.1 Å². The number of hydrogen-bond donors (Lipinski definition) is 0.